The van der Waals surface area contributed by atoms with Crippen molar-refractivity contribution in [2.24, 2.45) is 5.84 Å². The number of fused-ring (bicyclic) bond motifs is 1. The quantitative estimate of drug-likeness (QED) is 0.659. The van der Waals surface area contributed by atoms with Gasteiger partial charge in [0, 0.05) is 12.0 Å². The van der Waals surface area contributed by atoms with Gasteiger partial charge in [-0.2, -0.15) is 0 Å². The van der Waals surface area contributed by atoms with Crippen LogP contribution in [0.15, 0.2) is 48.5 Å². The van der Waals surface area contributed by atoms with E-state index >= 15 is 0 Å². The number of hydrazine groups is 1. The highest BCUT2D eigenvalue weighted by Crippen LogP contribution is 2.36. The van der Waals surface area contributed by atoms with Gasteiger partial charge in [0.1, 0.15) is 0 Å². The van der Waals surface area contributed by atoms with E-state index in [0.717, 1.165) is 6.42 Å². The fourth-order valence-corrected chi connectivity index (χ4v) is 3.30. The van der Waals surface area contributed by atoms with E-state index in [1.54, 1.807) is 0 Å². The molecule has 1 aliphatic rings. The van der Waals surface area contributed by atoms with Crippen LogP contribution < -0.4 is 11.3 Å². The summed E-state index contributed by atoms with van der Waals surface area (Å²) < 4.78 is 0. The molecule has 0 spiro atoms. The first kappa shape index (κ1) is 13.3. The predicted molar refractivity (Wildman–Crippen MR) is 83.5 cm³/mol. The van der Waals surface area contributed by atoms with Crippen molar-refractivity contribution in [1.29, 1.82) is 0 Å². The van der Waals surface area contributed by atoms with Gasteiger partial charge < -0.3 is 0 Å². The van der Waals surface area contributed by atoms with Gasteiger partial charge in [0.05, 0.1) is 0 Å². The van der Waals surface area contributed by atoms with E-state index < -0.39 is 0 Å². The van der Waals surface area contributed by atoms with Gasteiger partial charge in [0.25, 0.3) is 0 Å². The minimum atomic E-state index is 0.307. The molecule has 2 unspecified atom stereocenters. The van der Waals surface area contributed by atoms with Crippen LogP contribution in [0.2, 0.25) is 0 Å². The van der Waals surface area contributed by atoms with Crippen LogP contribution in [-0.4, -0.2) is 6.04 Å². The standard InChI is InChI=1S/C18H22N2/c1-13-6-8-14(9-7-13)12-18(20-19)17-11-10-15-4-2-3-5-16(15)17/h2-9,17-18,20H,10-12,19H2,1H3. The van der Waals surface area contributed by atoms with Crippen LogP contribution in [0, 0.1) is 6.92 Å². The molecule has 0 saturated heterocycles. The highest BCUT2D eigenvalue weighted by atomic mass is 15.2. The molecule has 0 aromatic heterocycles. The van der Waals surface area contributed by atoms with Crippen molar-refractivity contribution in [2.75, 3.05) is 0 Å². The zero-order valence-electron chi connectivity index (χ0n) is 12.0. The van der Waals surface area contributed by atoms with Gasteiger partial charge in [-0.15, -0.1) is 0 Å². The number of benzene rings is 2. The van der Waals surface area contributed by atoms with Crippen LogP contribution in [0.5, 0.6) is 0 Å². The molecule has 0 bridgehead atoms. The van der Waals surface area contributed by atoms with Crippen LogP contribution >= 0.6 is 0 Å². The normalized spacial score (nSPS) is 18.8. The van der Waals surface area contributed by atoms with Gasteiger partial charge in [-0.1, -0.05) is 54.1 Å². The van der Waals surface area contributed by atoms with Crippen molar-refractivity contribution in [3.63, 3.8) is 0 Å². The predicted octanol–water partition coefficient (Wildman–Crippen LogP) is 3.10. The van der Waals surface area contributed by atoms with Gasteiger partial charge in [0.15, 0.2) is 0 Å². The summed E-state index contributed by atoms with van der Waals surface area (Å²) >= 11 is 0. The average molecular weight is 266 g/mol. The molecule has 20 heavy (non-hydrogen) atoms. The number of rotatable bonds is 4. The largest absolute Gasteiger partial charge is 0.271 e. The van der Waals surface area contributed by atoms with E-state index in [2.05, 4.69) is 60.9 Å². The molecule has 2 heteroatoms. The van der Waals surface area contributed by atoms with E-state index in [1.807, 2.05) is 0 Å². The summed E-state index contributed by atoms with van der Waals surface area (Å²) in [7, 11) is 0. The zero-order valence-corrected chi connectivity index (χ0v) is 12.0. The third kappa shape index (κ3) is 2.62. The number of aryl methyl sites for hydroxylation is 2. The van der Waals surface area contributed by atoms with Gasteiger partial charge >= 0.3 is 0 Å². The molecule has 0 fully saturated rings. The maximum Gasteiger partial charge on any atom is 0.0319 e. The molecule has 0 amide bonds. The lowest BCUT2D eigenvalue weighted by Gasteiger charge is -2.24. The monoisotopic (exact) mass is 266 g/mol. The van der Waals surface area contributed by atoms with Crippen molar-refractivity contribution in [3.8, 4) is 0 Å². The van der Waals surface area contributed by atoms with E-state index in [9.17, 15) is 0 Å². The third-order valence-electron chi connectivity index (χ3n) is 4.46. The Morgan fingerprint density at radius 2 is 1.90 bits per heavy atom. The van der Waals surface area contributed by atoms with Crippen LogP contribution in [0.3, 0.4) is 0 Å². The SMILES string of the molecule is Cc1ccc(CC(NN)C2CCc3ccccc32)cc1. The molecule has 0 radical (unpaired) electrons. The van der Waals surface area contributed by atoms with Crippen molar-refractivity contribution in [2.45, 2.75) is 38.1 Å². The fourth-order valence-electron chi connectivity index (χ4n) is 3.30. The molecule has 0 aliphatic heterocycles. The molecule has 2 atom stereocenters. The third-order valence-corrected chi connectivity index (χ3v) is 4.46. The first-order chi connectivity index (χ1) is 9.78. The Balaban J connectivity index is 1.79. The Morgan fingerprint density at radius 1 is 1.15 bits per heavy atom. The minimum absolute atomic E-state index is 0.307. The van der Waals surface area contributed by atoms with Crippen molar-refractivity contribution in [3.05, 3.63) is 70.8 Å². The second-order valence-corrected chi connectivity index (χ2v) is 5.81. The zero-order chi connectivity index (χ0) is 13.9. The summed E-state index contributed by atoms with van der Waals surface area (Å²) in [6.07, 6.45) is 3.35. The lowest BCUT2D eigenvalue weighted by molar-refractivity contribution is 0.434. The van der Waals surface area contributed by atoms with Crippen molar-refractivity contribution < 1.29 is 0 Å². The van der Waals surface area contributed by atoms with Crippen LogP contribution in [-0.2, 0) is 12.8 Å². The van der Waals surface area contributed by atoms with Gasteiger partial charge in [0.2, 0.25) is 0 Å². The average Bonchev–Trinajstić information content (AvgIpc) is 2.91. The Labute approximate surface area is 121 Å². The minimum Gasteiger partial charge on any atom is -0.271 e. The highest BCUT2D eigenvalue weighted by Gasteiger charge is 2.28. The molecule has 0 heterocycles. The summed E-state index contributed by atoms with van der Waals surface area (Å²) in [4.78, 5) is 0. The molecule has 2 aromatic rings. The smallest absolute Gasteiger partial charge is 0.0319 e. The first-order valence-corrected chi connectivity index (χ1v) is 7.37. The molecule has 1 aliphatic carbocycles. The van der Waals surface area contributed by atoms with Crippen molar-refractivity contribution in [1.82, 2.24) is 5.43 Å². The molecular weight excluding hydrogens is 244 g/mol. The number of nitrogens with two attached hydrogens (primary N) is 1. The lowest BCUT2D eigenvalue weighted by Crippen LogP contribution is -2.40. The Morgan fingerprint density at radius 3 is 2.65 bits per heavy atom. The summed E-state index contributed by atoms with van der Waals surface area (Å²) in [5.74, 6) is 6.36. The van der Waals surface area contributed by atoms with E-state index in [1.165, 1.54) is 35.1 Å². The van der Waals surface area contributed by atoms with E-state index in [4.69, 9.17) is 5.84 Å². The Kier molecular flexibility index (Phi) is 3.86. The maximum absolute atomic E-state index is 5.84. The molecular formula is C18H22N2. The molecule has 0 saturated carbocycles. The van der Waals surface area contributed by atoms with Crippen LogP contribution in [0.4, 0.5) is 0 Å². The van der Waals surface area contributed by atoms with Gasteiger partial charge in [-0.05, 0) is 42.9 Å². The summed E-state index contributed by atoms with van der Waals surface area (Å²) in [6.45, 7) is 2.12. The van der Waals surface area contributed by atoms with Crippen molar-refractivity contribution >= 4 is 0 Å². The fraction of sp³-hybridized carbons (Fsp3) is 0.333. The summed E-state index contributed by atoms with van der Waals surface area (Å²) in [5, 5.41) is 0. The Bertz CT molecular complexity index is 574. The second-order valence-electron chi connectivity index (χ2n) is 5.81. The van der Waals surface area contributed by atoms with Crippen LogP contribution in [0.25, 0.3) is 0 Å². The summed E-state index contributed by atoms with van der Waals surface area (Å²) in [5.41, 5.74) is 8.66. The van der Waals surface area contributed by atoms with E-state index in [0.29, 0.717) is 12.0 Å². The lowest BCUT2D eigenvalue weighted by atomic mass is 9.89. The summed E-state index contributed by atoms with van der Waals surface area (Å²) in [6, 6.07) is 17.8. The number of hydrogen-bond acceptors (Lipinski definition) is 2. The number of nitrogens with one attached hydrogen (secondary N) is 1. The molecule has 3 N–H and O–H groups in total. The van der Waals surface area contributed by atoms with E-state index in [-0.39, 0.29) is 0 Å². The maximum atomic E-state index is 5.84. The second kappa shape index (κ2) is 5.78. The topological polar surface area (TPSA) is 38.0 Å². The molecule has 2 aromatic carbocycles. The Hall–Kier alpha value is -1.64. The van der Waals surface area contributed by atoms with Gasteiger partial charge in [-0.3, -0.25) is 11.3 Å². The molecule has 3 rings (SSSR count). The first-order valence-electron chi connectivity index (χ1n) is 7.37. The highest BCUT2D eigenvalue weighted by molar-refractivity contribution is 5.36. The number of hydrogen-bond donors (Lipinski definition) is 2. The molecule has 2 nitrogen and oxygen atoms in total. The van der Waals surface area contributed by atoms with Crippen LogP contribution in [0.1, 0.15) is 34.6 Å². The molecule has 104 valence electrons. The van der Waals surface area contributed by atoms with Gasteiger partial charge in [-0.25, -0.2) is 0 Å².